The van der Waals surface area contributed by atoms with E-state index in [0.29, 0.717) is 5.69 Å². The fourth-order valence-electron chi connectivity index (χ4n) is 3.24. The quantitative estimate of drug-likeness (QED) is 0.486. The van der Waals surface area contributed by atoms with E-state index in [1.807, 2.05) is 0 Å². The van der Waals surface area contributed by atoms with E-state index in [0.717, 1.165) is 0 Å². The van der Waals surface area contributed by atoms with E-state index in [2.05, 4.69) is 5.32 Å². The lowest BCUT2D eigenvalue weighted by atomic mass is 9.83. The summed E-state index contributed by atoms with van der Waals surface area (Å²) in [6, 6.07) is 14.0. The number of carbonyl (C=O) groups excluding carboxylic acids is 4. The molecular weight excluding hydrogens is 425 g/mol. The molecule has 0 heterocycles. The number of carbonyl (C=O) groups is 4. The van der Waals surface area contributed by atoms with E-state index in [9.17, 15) is 23.6 Å². The van der Waals surface area contributed by atoms with Crippen LogP contribution in [-0.4, -0.2) is 30.0 Å². The molecule has 6 nitrogen and oxygen atoms in total. The lowest BCUT2D eigenvalue weighted by Crippen LogP contribution is -2.24. The molecule has 3 aromatic carbocycles. The Morgan fingerprint density at radius 1 is 0.871 bits per heavy atom. The topological polar surface area (TPSA) is 89.5 Å². The second-order valence-corrected chi connectivity index (χ2v) is 7.06. The number of esters is 1. The second-order valence-electron chi connectivity index (χ2n) is 6.68. The van der Waals surface area contributed by atoms with Crippen molar-refractivity contribution in [2.75, 3.05) is 11.9 Å². The Hall–Kier alpha value is -3.84. The van der Waals surface area contributed by atoms with Crippen LogP contribution in [0.1, 0.15) is 42.2 Å². The number of hydrogen-bond acceptors (Lipinski definition) is 5. The van der Waals surface area contributed by atoms with Crippen LogP contribution in [0.2, 0.25) is 5.02 Å². The van der Waals surface area contributed by atoms with Gasteiger partial charge in [-0.1, -0.05) is 35.9 Å². The maximum absolute atomic E-state index is 12.9. The molecule has 3 aromatic rings. The number of fused-ring (bicyclic) bond motifs is 2. The van der Waals surface area contributed by atoms with Crippen LogP contribution in [0.3, 0.4) is 0 Å². The van der Waals surface area contributed by atoms with Crippen molar-refractivity contribution < 1.29 is 28.3 Å². The van der Waals surface area contributed by atoms with Gasteiger partial charge in [-0.15, -0.1) is 0 Å². The summed E-state index contributed by atoms with van der Waals surface area (Å²) in [5.74, 6) is -2.87. The summed E-state index contributed by atoms with van der Waals surface area (Å²) >= 11 is 6.30. The van der Waals surface area contributed by atoms with E-state index >= 15 is 0 Å². The zero-order chi connectivity index (χ0) is 22.1. The van der Waals surface area contributed by atoms with Crippen molar-refractivity contribution in [3.05, 3.63) is 99.3 Å². The number of ether oxygens (including phenoxy) is 1. The zero-order valence-corrected chi connectivity index (χ0v) is 16.5. The molecule has 0 bridgehead atoms. The Bertz CT molecular complexity index is 1250. The van der Waals surface area contributed by atoms with Crippen LogP contribution in [0.5, 0.6) is 0 Å². The summed E-state index contributed by atoms with van der Waals surface area (Å²) in [6.07, 6.45) is 0. The number of amides is 1. The number of halogens is 2. The summed E-state index contributed by atoms with van der Waals surface area (Å²) in [5, 5.41) is 2.24. The molecule has 1 N–H and O–H groups in total. The third-order valence-corrected chi connectivity index (χ3v) is 5.10. The summed E-state index contributed by atoms with van der Waals surface area (Å²) in [4.78, 5) is 50.0. The molecule has 0 saturated carbocycles. The first-order valence-corrected chi connectivity index (χ1v) is 9.48. The Morgan fingerprint density at radius 2 is 1.52 bits per heavy atom. The molecule has 4 rings (SSSR count). The number of hydrogen-bond donors (Lipinski definition) is 1. The van der Waals surface area contributed by atoms with Crippen LogP contribution >= 0.6 is 11.6 Å². The predicted molar refractivity (Wildman–Crippen MR) is 110 cm³/mol. The van der Waals surface area contributed by atoms with Gasteiger partial charge in [0.2, 0.25) is 0 Å². The summed E-state index contributed by atoms with van der Waals surface area (Å²) in [6.45, 7) is -0.626. The summed E-state index contributed by atoms with van der Waals surface area (Å²) in [7, 11) is 0. The molecule has 31 heavy (non-hydrogen) atoms. The molecule has 0 spiro atoms. The van der Waals surface area contributed by atoms with Gasteiger partial charge in [0.15, 0.2) is 18.2 Å². The van der Waals surface area contributed by atoms with Gasteiger partial charge in [0.05, 0.1) is 16.1 Å². The number of rotatable bonds is 4. The van der Waals surface area contributed by atoms with Gasteiger partial charge in [-0.25, -0.2) is 9.18 Å². The van der Waals surface area contributed by atoms with Gasteiger partial charge in [-0.3, -0.25) is 14.4 Å². The zero-order valence-electron chi connectivity index (χ0n) is 15.8. The normalized spacial score (nSPS) is 12.1. The molecule has 1 aliphatic carbocycles. The molecule has 154 valence electrons. The molecule has 0 saturated heterocycles. The SMILES string of the molecule is O=C(COC(=O)c1ccc2c(c1Cl)C(=O)c1ccccc1C2=O)Nc1ccc(F)cc1. The van der Waals surface area contributed by atoms with Gasteiger partial charge in [-0.05, 0) is 36.4 Å². The maximum atomic E-state index is 12.9. The fraction of sp³-hybridized carbons (Fsp3) is 0.0435. The van der Waals surface area contributed by atoms with Gasteiger partial charge >= 0.3 is 5.97 Å². The van der Waals surface area contributed by atoms with Crippen molar-refractivity contribution in [1.82, 2.24) is 0 Å². The highest BCUT2D eigenvalue weighted by Gasteiger charge is 2.33. The fourth-order valence-corrected chi connectivity index (χ4v) is 3.57. The Kier molecular flexibility index (Phi) is 5.35. The third kappa shape index (κ3) is 3.83. The van der Waals surface area contributed by atoms with E-state index < -0.39 is 30.1 Å². The highest BCUT2D eigenvalue weighted by molar-refractivity contribution is 6.41. The molecule has 0 atom stereocenters. The van der Waals surface area contributed by atoms with Crippen molar-refractivity contribution in [2.45, 2.75) is 0 Å². The predicted octanol–water partition coefficient (Wildman–Crippen LogP) is 4.05. The van der Waals surface area contributed by atoms with Crippen molar-refractivity contribution in [3.63, 3.8) is 0 Å². The average molecular weight is 438 g/mol. The van der Waals surface area contributed by atoms with Crippen LogP contribution in [0, 0.1) is 5.82 Å². The molecule has 8 heteroatoms. The van der Waals surface area contributed by atoms with E-state index in [4.69, 9.17) is 16.3 Å². The van der Waals surface area contributed by atoms with Crippen molar-refractivity contribution >= 4 is 40.7 Å². The second kappa shape index (κ2) is 8.12. The molecule has 0 unspecified atom stereocenters. The van der Waals surface area contributed by atoms with Gasteiger partial charge in [-0.2, -0.15) is 0 Å². The van der Waals surface area contributed by atoms with E-state index in [1.165, 1.54) is 42.5 Å². The number of anilines is 1. The van der Waals surface area contributed by atoms with Crippen LogP contribution in [0.4, 0.5) is 10.1 Å². The van der Waals surface area contributed by atoms with E-state index in [1.54, 1.807) is 18.2 Å². The van der Waals surface area contributed by atoms with Gasteiger partial charge in [0.25, 0.3) is 5.91 Å². The lowest BCUT2D eigenvalue weighted by molar-refractivity contribution is -0.119. The highest BCUT2D eigenvalue weighted by atomic mass is 35.5. The molecule has 0 fully saturated rings. The molecule has 0 aliphatic heterocycles. The van der Waals surface area contributed by atoms with Gasteiger partial charge in [0.1, 0.15) is 5.82 Å². The van der Waals surface area contributed by atoms with Crippen LogP contribution < -0.4 is 5.32 Å². The largest absolute Gasteiger partial charge is 0.452 e. The summed E-state index contributed by atoms with van der Waals surface area (Å²) in [5.41, 5.74) is 0.678. The maximum Gasteiger partial charge on any atom is 0.340 e. The highest BCUT2D eigenvalue weighted by Crippen LogP contribution is 2.34. The lowest BCUT2D eigenvalue weighted by Gasteiger charge is -2.19. The Morgan fingerprint density at radius 3 is 2.19 bits per heavy atom. The monoisotopic (exact) mass is 437 g/mol. The van der Waals surface area contributed by atoms with Crippen LogP contribution in [0.15, 0.2) is 60.7 Å². The Labute approximate surface area is 180 Å². The first kappa shape index (κ1) is 20.4. The minimum Gasteiger partial charge on any atom is -0.452 e. The van der Waals surface area contributed by atoms with Gasteiger partial charge in [0, 0.05) is 22.4 Å². The first-order chi connectivity index (χ1) is 14.9. The number of ketones is 2. The molecular formula is C23H13ClFNO5. The van der Waals surface area contributed by atoms with Crippen molar-refractivity contribution in [1.29, 1.82) is 0 Å². The number of nitrogens with one attached hydrogen (secondary N) is 1. The molecule has 0 radical (unpaired) electrons. The summed E-state index contributed by atoms with van der Waals surface area (Å²) < 4.78 is 17.9. The van der Waals surface area contributed by atoms with Crippen LogP contribution in [-0.2, 0) is 9.53 Å². The van der Waals surface area contributed by atoms with Crippen LogP contribution in [0.25, 0.3) is 0 Å². The Balaban J connectivity index is 1.52. The minimum absolute atomic E-state index is 0.0735. The van der Waals surface area contributed by atoms with Crippen molar-refractivity contribution in [2.24, 2.45) is 0 Å². The smallest absolute Gasteiger partial charge is 0.340 e. The minimum atomic E-state index is -0.929. The van der Waals surface area contributed by atoms with E-state index in [-0.39, 0.29) is 38.6 Å². The number of benzene rings is 3. The van der Waals surface area contributed by atoms with Gasteiger partial charge < -0.3 is 10.1 Å². The third-order valence-electron chi connectivity index (χ3n) is 4.71. The first-order valence-electron chi connectivity index (χ1n) is 9.10. The average Bonchev–Trinajstić information content (AvgIpc) is 2.77. The van der Waals surface area contributed by atoms with Crippen molar-refractivity contribution in [3.8, 4) is 0 Å². The molecule has 1 aliphatic rings. The molecule has 0 aromatic heterocycles. The molecule has 1 amide bonds. The standard InChI is InChI=1S/C23H13ClFNO5/c24-20-17(23(30)31-11-18(27)26-13-7-5-12(25)6-8-13)10-9-16-19(20)22(29)15-4-2-1-3-14(15)21(16)28/h1-10H,11H2,(H,26,27).